The summed E-state index contributed by atoms with van der Waals surface area (Å²) in [7, 11) is 0. The van der Waals surface area contributed by atoms with Crippen molar-refractivity contribution < 1.29 is 22.8 Å². The Bertz CT molecular complexity index is 769. The van der Waals surface area contributed by atoms with E-state index in [-0.39, 0.29) is 17.4 Å². The van der Waals surface area contributed by atoms with Crippen LogP contribution >= 0.6 is 22.6 Å². The third-order valence-corrected chi connectivity index (χ3v) is 3.59. The normalized spacial score (nSPS) is 10.8. The average Bonchev–Trinajstić information content (AvgIpc) is 2.52. The molecule has 2 aromatic carbocycles. The summed E-state index contributed by atoms with van der Waals surface area (Å²) >= 11 is 1.92. The highest BCUT2D eigenvalue weighted by molar-refractivity contribution is 14.1. The maximum Gasteiger partial charge on any atom is 0.277 e. The van der Waals surface area contributed by atoms with Gasteiger partial charge in [-0.25, -0.2) is 18.7 Å². The summed E-state index contributed by atoms with van der Waals surface area (Å²) in [5, 5.41) is 2.44. The first kappa shape index (κ1) is 18.5. The maximum atomic E-state index is 14.1. The van der Waals surface area contributed by atoms with Crippen molar-refractivity contribution in [3.8, 4) is 0 Å². The summed E-state index contributed by atoms with van der Waals surface area (Å²) in [6.07, 6.45) is -0.302. The van der Waals surface area contributed by atoms with Crippen LogP contribution in [-0.4, -0.2) is 12.0 Å². The minimum Gasteiger partial charge on any atom is -0.350 e. The van der Waals surface area contributed by atoms with Crippen LogP contribution in [0.5, 0.6) is 0 Å². The highest BCUT2D eigenvalue weighted by atomic mass is 127. The van der Waals surface area contributed by atoms with Crippen molar-refractivity contribution in [1.82, 2.24) is 5.48 Å². The third kappa shape index (κ3) is 4.38. The number of hydrogen-bond donors (Lipinski definition) is 2. The van der Waals surface area contributed by atoms with Gasteiger partial charge >= 0.3 is 0 Å². The number of amides is 1. The van der Waals surface area contributed by atoms with Gasteiger partial charge in [0.15, 0.2) is 11.6 Å². The summed E-state index contributed by atoms with van der Waals surface area (Å²) in [6, 6.07) is 6.08. The molecule has 0 radical (unpaired) electrons. The molecule has 0 aliphatic rings. The Morgan fingerprint density at radius 3 is 2.46 bits per heavy atom. The van der Waals surface area contributed by atoms with Crippen molar-refractivity contribution in [1.29, 1.82) is 0 Å². The summed E-state index contributed by atoms with van der Waals surface area (Å²) in [5.74, 6) is -3.89. The van der Waals surface area contributed by atoms with E-state index in [0.717, 1.165) is 12.1 Å². The number of rotatable bonds is 5. The molecular weight excluding hydrogens is 436 g/mol. The standard InChI is InChI=1S/C16H14F3IN2O2/c1-8(2)24-22-16(23)10-4-5-11(17)14(19)15(10)21-13-6-3-9(20)7-12(13)18/h3-8,21H,1-2H3,(H,22,23). The molecule has 0 spiro atoms. The molecule has 2 aromatic rings. The predicted octanol–water partition coefficient (Wildman–Crippen LogP) is 4.52. The minimum atomic E-state index is -1.29. The van der Waals surface area contributed by atoms with Crippen molar-refractivity contribution in [3.05, 3.63) is 56.9 Å². The molecule has 0 atom stereocenters. The fourth-order valence-corrected chi connectivity index (χ4v) is 2.27. The Balaban J connectivity index is 2.40. The number of carbonyl (C=O) groups excluding carboxylic acids is 1. The molecule has 0 fully saturated rings. The number of hydroxylamine groups is 1. The van der Waals surface area contributed by atoms with Crippen LogP contribution < -0.4 is 10.8 Å². The van der Waals surface area contributed by atoms with E-state index >= 15 is 0 Å². The molecule has 8 heteroatoms. The van der Waals surface area contributed by atoms with E-state index in [1.54, 1.807) is 19.9 Å². The van der Waals surface area contributed by atoms with Crippen LogP contribution in [0.3, 0.4) is 0 Å². The van der Waals surface area contributed by atoms with Crippen molar-refractivity contribution in [2.24, 2.45) is 0 Å². The second-order valence-corrected chi connectivity index (χ2v) is 6.38. The van der Waals surface area contributed by atoms with Gasteiger partial charge in [-0.05, 0) is 66.8 Å². The highest BCUT2D eigenvalue weighted by Crippen LogP contribution is 2.28. The predicted molar refractivity (Wildman–Crippen MR) is 92.4 cm³/mol. The van der Waals surface area contributed by atoms with Gasteiger partial charge in [0.1, 0.15) is 5.82 Å². The fraction of sp³-hybridized carbons (Fsp3) is 0.188. The Labute approximate surface area is 150 Å². The first-order valence-electron chi connectivity index (χ1n) is 6.95. The summed E-state index contributed by atoms with van der Waals surface area (Å²) < 4.78 is 42.3. The fourth-order valence-electron chi connectivity index (χ4n) is 1.81. The zero-order chi connectivity index (χ0) is 17.9. The Morgan fingerprint density at radius 2 is 1.83 bits per heavy atom. The van der Waals surface area contributed by atoms with E-state index in [4.69, 9.17) is 4.84 Å². The number of nitrogens with one attached hydrogen (secondary N) is 2. The van der Waals surface area contributed by atoms with E-state index in [1.165, 1.54) is 12.1 Å². The van der Waals surface area contributed by atoms with Crippen molar-refractivity contribution in [2.45, 2.75) is 20.0 Å². The average molecular weight is 450 g/mol. The van der Waals surface area contributed by atoms with Crippen molar-refractivity contribution in [2.75, 3.05) is 5.32 Å². The number of carbonyl (C=O) groups is 1. The lowest BCUT2D eigenvalue weighted by atomic mass is 10.1. The molecule has 0 aliphatic heterocycles. The van der Waals surface area contributed by atoms with E-state index in [1.807, 2.05) is 22.6 Å². The first-order valence-corrected chi connectivity index (χ1v) is 8.03. The van der Waals surface area contributed by atoms with Gasteiger partial charge < -0.3 is 5.32 Å². The van der Waals surface area contributed by atoms with E-state index < -0.39 is 29.0 Å². The molecule has 0 aromatic heterocycles. The van der Waals surface area contributed by atoms with Gasteiger partial charge in [0, 0.05) is 3.57 Å². The van der Waals surface area contributed by atoms with Crippen LogP contribution in [0.25, 0.3) is 0 Å². The Kier molecular flexibility index (Phi) is 6.05. The van der Waals surface area contributed by atoms with Crippen LogP contribution in [0.15, 0.2) is 30.3 Å². The molecule has 24 heavy (non-hydrogen) atoms. The maximum absolute atomic E-state index is 14.1. The molecule has 0 unspecified atom stereocenters. The van der Waals surface area contributed by atoms with Gasteiger partial charge in [0.2, 0.25) is 0 Å². The molecule has 0 saturated heterocycles. The summed E-state index contributed by atoms with van der Waals surface area (Å²) in [6.45, 7) is 3.37. The zero-order valence-corrected chi connectivity index (χ0v) is 14.9. The van der Waals surface area contributed by atoms with Gasteiger partial charge in [-0.3, -0.25) is 9.63 Å². The molecule has 1 amide bonds. The highest BCUT2D eigenvalue weighted by Gasteiger charge is 2.20. The summed E-state index contributed by atoms with van der Waals surface area (Å²) in [4.78, 5) is 17.1. The molecule has 0 saturated carbocycles. The molecule has 2 N–H and O–H groups in total. The Hall–Kier alpha value is -1.81. The van der Waals surface area contributed by atoms with Crippen molar-refractivity contribution >= 4 is 39.9 Å². The van der Waals surface area contributed by atoms with Crippen LogP contribution in [0.4, 0.5) is 24.5 Å². The van der Waals surface area contributed by atoms with Gasteiger partial charge in [-0.15, -0.1) is 0 Å². The molecule has 2 rings (SSSR count). The first-order chi connectivity index (χ1) is 11.3. The SMILES string of the molecule is CC(C)ONC(=O)c1ccc(F)c(F)c1Nc1ccc(I)cc1F. The number of anilines is 2. The quantitative estimate of drug-likeness (QED) is 0.521. The van der Waals surface area contributed by atoms with Gasteiger partial charge in [0.25, 0.3) is 5.91 Å². The third-order valence-electron chi connectivity index (χ3n) is 2.92. The lowest BCUT2D eigenvalue weighted by molar-refractivity contribution is 0.000222. The van der Waals surface area contributed by atoms with Gasteiger partial charge in [-0.2, -0.15) is 0 Å². The largest absolute Gasteiger partial charge is 0.350 e. The molecule has 128 valence electrons. The minimum absolute atomic E-state index is 0.0845. The van der Waals surface area contributed by atoms with Crippen LogP contribution in [0.1, 0.15) is 24.2 Å². The molecule has 0 bridgehead atoms. The molecule has 4 nitrogen and oxygen atoms in total. The molecule has 0 heterocycles. The number of hydrogen-bond acceptors (Lipinski definition) is 3. The topological polar surface area (TPSA) is 50.4 Å². The lowest BCUT2D eigenvalue weighted by Gasteiger charge is -2.15. The van der Waals surface area contributed by atoms with Crippen molar-refractivity contribution in [3.63, 3.8) is 0 Å². The van der Waals surface area contributed by atoms with E-state index in [9.17, 15) is 18.0 Å². The summed E-state index contributed by atoms with van der Waals surface area (Å²) in [5.41, 5.74) is 1.36. The zero-order valence-electron chi connectivity index (χ0n) is 12.8. The van der Waals surface area contributed by atoms with Crippen LogP contribution in [0, 0.1) is 21.0 Å². The smallest absolute Gasteiger partial charge is 0.277 e. The number of benzene rings is 2. The van der Waals surface area contributed by atoms with E-state index in [2.05, 4.69) is 10.8 Å². The Morgan fingerprint density at radius 1 is 1.12 bits per heavy atom. The number of halogens is 4. The van der Waals surface area contributed by atoms with Crippen LogP contribution in [0.2, 0.25) is 0 Å². The van der Waals surface area contributed by atoms with Gasteiger partial charge in [0.05, 0.1) is 23.0 Å². The second-order valence-electron chi connectivity index (χ2n) is 5.13. The second kappa shape index (κ2) is 7.84. The monoisotopic (exact) mass is 450 g/mol. The molecular formula is C16H14F3IN2O2. The van der Waals surface area contributed by atoms with Gasteiger partial charge in [-0.1, -0.05) is 0 Å². The molecule has 0 aliphatic carbocycles. The van der Waals surface area contributed by atoms with E-state index in [0.29, 0.717) is 3.57 Å². The lowest BCUT2D eigenvalue weighted by Crippen LogP contribution is -2.28. The van der Waals surface area contributed by atoms with Crippen LogP contribution in [-0.2, 0) is 4.84 Å².